The molecule has 0 spiro atoms. The van der Waals surface area contributed by atoms with E-state index in [9.17, 15) is 13.6 Å². The molecule has 4 heteroatoms. The summed E-state index contributed by atoms with van der Waals surface area (Å²) in [5.41, 5.74) is 0.953. The van der Waals surface area contributed by atoms with Crippen LogP contribution in [-0.2, 0) is 17.6 Å². The van der Waals surface area contributed by atoms with E-state index >= 15 is 0 Å². The number of halogens is 2. The van der Waals surface area contributed by atoms with Crippen LogP contribution in [0.3, 0.4) is 0 Å². The summed E-state index contributed by atoms with van der Waals surface area (Å²) in [6, 6.07) is 10.4. The molecule has 0 atom stereocenters. The minimum Gasteiger partial charge on any atom is -0.496 e. The molecule has 0 bridgehead atoms. The van der Waals surface area contributed by atoms with Crippen LogP contribution in [0.5, 0.6) is 5.75 Å². The maximum absolute atomic E-state index is 13.5. The summed E-state index contributed by atoms with van der Waals surface area (Å²) in [6.07, 6.45) is 0.0883. The Kier molecular flexibility index (Phi) is 4.45. The Balaban J connectivity index is 2.09. The normalized spacial score (nSPS) is 10.3. The van der Waals surface area contributed by atoms with Crippen molar-refractivity contribution in [2.45, 2.75) is 12.8 Å². The van der Waals surface area contributed by atoms with Gasteiger partial charge in [-0.25, -0.2) is 8.78 Å². The van der Waals surface area contributed by atoms with Gasteiger partial charge in [0.15, 0.2) is 0 Å². The molecule has 104 valence electrons. The Bertz CT molecular complexity index is 624. The Hall–Kier alpha value is -2.23. The number of para-hydroxylation sites is 1. The lowest BCUT2D eigenvalue weighted by atomic mass is 10.0. The van der Waals surface area contributed by atoms with E-state index in [2.05, 4.69) is 0 Å². The molecule has 0 fully saturated rings. The molecule has 0 saturated heterocycles. The molecule has 2 nitrogen and oxygen atoms in total. The van der Waals surface area contributed by atoms with Crippen molar-refractivity contribution in [2.75, 3.05) is 7.11 Å². The molecule has 0 aliphatic carbocycles. The van der Waals surface area contributed by atoms with Gasteiger partial charge in [-0.2, -0.15) is 0 Å². The second-order valence-corrected chi connectivity index (χ2v) is 4.44. The van der Waals surface area contributed by atoms with Gasteiger partial charge < -0.3 is 4.74 Å². The van der Waals surface area contributed by atoms with Gasteiger partial charge in [0.1, 0.15) is 23.2 Å². The second-order valence-electron chi connectivity index (χ2n) is 4.44. The van der Waals surface area contributed by atoms with Gasteiger partial charge in [0.25, 0.3) is 0 Å². The highest BCUT2D eigenvalue weighted by atomic mass is 19.1. The molecule has 0 radical (unpaired) electrons. The monoisotopic (exact) mass is 276 g/mol. The van der Waals surface area contributed by atoms with E-state index in [1.54, 1.807) is 12.1 Å². The Morgan fingerprint density at radius 3 is 2.45 bits per heavy atom. The van der Waals surface area contributed by atoms with E-state index in [4.69, 9.17) is 4.74 Å². The van der Waals surface area contributed by atoms with Crippen molar-refractivity contribution in [3.8, 4) is 5.75 Å². The van der Waals surface area contributed by atoms with Gasteiger partial charge in [0.05, 0.1) is 7.11 Å². The minimum absolute atomic E-state index is 0.0653. The van der Waals surface area contributed by atoms with Crippen LogP contribution in [0.25, 0.3) is 0 Å². The fourth-order valence-corrected chi connectivity index (χ4v) is 2.00. The van der Waals surface area contributed by atoms with Crippen LogP contribution in [0.4, 0.5) is 8.78 Å². The van der Waals surface area contributed by atoms with Crippen molar-refractivity contribution in [3.63, 3.8) is 0 Å². The van der Waals surface area contributed by atoms with Gasteiger partial charge >= 0.3 is 0 Å². The number of ether oxygens (including phenoxy) is 1. The molecule has 0 amide bonds. The lowest BCUT2D eigenvalue weighted by molar-refractivity contribution is -0.117. The molecule has 2 aromatic rings. The molecule has 2 aromatic carbocycles. The third-order valence-electron chi connectivity index (χ3n) is 2.98. The first-order chi connectivity index (χ1) is 9.60. The molecule has 2 rings (SSSR count). The van der Waals surface area contributed by atoms with Crippen LogP contribution < -0.4 is 4.74 Å². The summed E-state index contributed by atoms with van der Waals surface area (Å²) in [4.78, 5) is 12.0. The van der Waals surface area contributed by atoms with Crippen LogP contribution in [0.1, 0.15) is 11.1 Å². The maximum atomic E-state index is 13.5. The average Bonchev–Trinajstić information content (AvgIpc) is 2.42. The predicted octanol–water partition coefficient (Wildman–Crippen LogP) is 3.33. The second kappa shape index (κ2) is 6.28. The standard InChI is InChI=1S/C16H14F2O2/c1-20-16-5-3-2-4-12(16)9-14(19)8-11-6-7-13(17)10-15(11)18/h2-7,10H,8-9H2,1H3. The maximum Gasteiger partial charge on any atom is 0.141 e. The lowest BCUT2D eigenvalue weighted by Crippen LogP contribution is -2.09. The highest BCUT2D eigenvalue weighted by Gasteiger charge is 2.12. The van der Waals surface area contributed by atoms with E-state index in [1.807, 2.05) is 12.1 Å². The Morgan fingerprint density at radius 1 is 1.05 bits per heavy atom. The van der Waals surface area contributed by atoms with Crippen LogP contribution in [0.2, 0.25) is 0 Å². The number of hydrogen-bond acceptors (Lipinski definition) is 2. The number of benzene rings is 2. The molecular weight excluding hydrogens is 262 g/mol. The van der Waals surface area contributed by atoms with Crippen molar-refractivity contribution in [3.05, 3.63) is 65.2 Å². The van der Waals surface area contributed by atoms with Crippen molar-refractivity contribution in [2.24, 2.45) is 0 Å². The number of rotatable bonds is 5. The number of ketones is 1. The first-order valence-electron chi connectivity index (χ1n) is 6.17. The lowest BCUT2D eigenvalue weighted by Gasteiger charge is -2.08. The molecule has 0 heterocycles. The zero-order valence-corrected chi connectivity index (χ0v) is 11.0. The zero-order chi connectivity index (χ0) is 14.5. The van der Waals surface area contributed by atoms with Crippen LogP contribution in [0.15, 0.2) is 42.5 Å². The highest BCUT2D eigenvalue weighted by Crippen LogP contribution is 2.19. The van der Waals surface area contributed by atoms with Gasteiger partial charge in [-0.1, -0.05) is 24.3 Å². The molecule has 0 aromatic heterocycles. The van der Waals surface area contributed by atoms with Crippen molar-refractivity contribution in [1.29, 1.82) is 0 Å². The zero-order valence-electron chi connectivity index (χ0n) is 11.0. The smallest absolute Gasteiger partial charge is 0.141 e. The fraction of sp³-hybridized carbons (Fsp3) is 0.188. The summed E-state index contributed by atoms with van der Waals surface area (Å²) in [6.45, 7) is 0. The minimum atomic E-state index is -0.696. The average molecular weight is 276 g/mol. The quantitative estimate of drug-likeness (QED) is 0.837. The summed E-state index contributed by atoms with van der Waals surface area (Å²) in [5, 5.41) is 0. The van der Waals surface area contributed by atoms with E-state index < -0.39 is 11.6 Å². The van der Waals surface area contributed by atoms with Gasteiger partial charge in [-0.05, 0) is 17.7 Å². The fourth-order valence-electron chi connectivity index (χ4n) is 2.00. The largest absolute Gasteiger partial charge is 0.496 e. The molecule has 0 aliphatic heterocycles. The van der Waals surface area contributed by atoms with Crippen LogP contribution >= 0.6 is 0 Å². The Morgan fingerprint density at radius 2 is 1.75 bits per heavy atom. The molecular formula is C16H14F2O2. The van der Waals surface area contributed by atoms with Crippen LogP contribution in [-0.4, -0.2) is 12.9 Å². The topological polar surface area (TPSA) is 26.3 Å². The number of methoxy groups -OCH3 is 1. The Labute approximate surface area is 116 Å². The van der Waals surface area contributed by atoms with Crippen molar-refractivity contribution < 1.29 is 18.3 Å². The van der Waals surface area contributed by atoms with E-state index in [1.165, 1.54) is 13.2 Å². The molecule has 20 heavy (non-hydrogen) atoms. The van der Waals surface area contributed by atoms with E-state index in [0.717, 1.165) is 17.7 Å². The summed E-state index contributed by atoms with van der Waals surface area (Å²) < 4.78 is 31.4. The van der Waals surface area contributed by atoms with Crippen molar-refractivity contribution >= 4 is 5.78 Å². The SMILES string of the molecule is COc1ccccc1CC(=O)Cc1ccc(F)cc1F. The van der Waals surface area contributed by atoms with Gasteiger partial charge in [0.2, 0.25) is 0 Å². The molecule has 0 N–H and O–H groups in total. The first kappa shape index (κ1) is 14.2. The number of carbonyl (C=O) groups is 1. The summed E-state index contributed by atoms with van der Waals surface area (Å²) in [7, 11) is 1.53. The first-order valence-corrected chi connectivity index (χ1v) is 6.17. The van der Waals surface area contributed by atoms with Gasteiger partial charge in [-0.15, -0.1) is 0 Å². The highest BCUT2D eigenvalue weighted by molar-refractivity contribution is 5.83. The summed E-state index contributed by atoms with van der Waals surface area (Å²) in [5.74, 6) is -0.873. The van der Waals surface area contributed by atoms with E-state index in [0.29, 0.717) is 5.75 Å². The third kappa shape index (κ3) is 3.41. The van der Waals surface area contributed by atoms with Gasteiger partial charge in [0, 0.05) is 24.5 Å². The number of carbonyl (C=O) groups excluding carboxylic acids is 1. The van der Waals surface area contributed by atoms with Gasteiger partial charge in [-0.3, -0.25) is 4.79 Å². The predicted molar refractivity (Wildman–Crippen MR) is 71.8 cm³/mol. The molecule has 0 aliphatic rings. The van der Waals surface area contributed by atoms with E-state index in [-0.39, 0.29) is 24.2 Å². The number of hydrogen-bond donors (Lipinski definition) is 0. The number of Topliss-reactive ketones (excluding diaryl/α,β-unsaturated/α-hetero) is 1. The molecule has 0 unspecified atom stereocenters. The van der Waals surface area contributed by atoms with Crippen LogP contribution in [0, 0.1) is 11.6 Å². The molecule has 0 saturated carbocycles. The van der Waals surface area contributed by atoms with Crippen molar-refractivity contribution in [1.82, 2.24) is 0 Å². The summed E-state index contributed by atoms with van der Waals surface area (Å²) >= 11 is 0. The third-order valence-corrected chi connectivity index (χ3v) is 2.98.